The maximum atomic E-state index is 10.9. The summed E-state index contributed by atoms with van der Waals surface area (Å²) in [4.78, 5) is 31.9. The van der Waals surface area contributed by atoms with Crippen LogP contribution in [0.2, 0.25) is 0 Å². The van der Waals surface area contributed by atoms with Crippen molar-refractivity contribution in [3.63, 3.8) is 0 Å². The van der Waals surface area contributed by atoms with E-state index in [2.05, 4.69) is 5.32 Å². The van der Waals surface area contributed by atoms with E-state index in [0.29, 0.717) is 5.69 Å². The van der Waals surface area contributed by atoms with Gasteiger partial charge in [0, 0.05) is 23.7 Å². The molecular formula is C12H15N3O5. The molecule has 0 fully saturated rings. The maximum Gasteiger partial charge on any atom is 0.342 e. The molecule has 0 atom stereocenters. The number of rotatable bonds is 6. The summed E-state index contributed by atoms with van der Waals surface area (Å²) < 4.78 is 0. The van der Waals surface area contributed by atoms with Crippen molar-refractivity contribution in [2.75, 3.05) is 5.32 Å². The molecular weight excluding hydrogens is 266 g/mol. The van der Waals surface area contributed by atoms with Gasteiger partial charge in [0.25, 0.3) is 5.69 Å². The van der Waals surface area contributed by atoms with Crippen LogP contribution in [-0.2, 0) is 4.79 Å². The molecule has 0 bridgehead atoms. The minimum Gasteiger partial charge on any atom is -0.477 e. The second kappa shape index (κ2) is 5.55. The molecule has 1 rings (SSSR count). The van der Waals surface area contributed by atoms with Crippen LogP contribution in [0.3, 0.4) is 0 Å². The van der Waals surface area contributed by atoms with Crippen LogP contribution in [0.4, 0.5) is 11.4 Å². The third-order valence-electron chi connectivity index (χ3n) is 2.52. The van der Waals surface area contributed by atoms with Gasteiger partial charge in [0.05, 0.1) is 4.92 Å². The molecule has 0 aliphatic heterocycles. The number of hydrogen-bond donors (Lipinski definition) is 3. The van der Waals surface area contributed by atoms with Crippen molar-refractivity contribution in [1.29, 1.82) is 0 Å². The van der Waals surface area contributed by atoms with Crippen LogP contribution in [-0.4, -0.2) is 27.4 Å². The van der Waals surface area contributed by atoms with Crippen LogP contribution in [0.25, 0.3) is 0 Å². The lowest BCUT2D eigenvalue weighted by molar-refractivity contribution is -0.385. The Balaban J connectivity index is 3.10. The number of nitro benzene ring substituents is 1. The van der Waals surface area contributed by atoms with E-state index in [4.69, 9.17) is 10.8 Å². The Labute approximate surface area is 114 Å². The highest BCUT2D eigenvalue weighted by Crippen LogP contribution is 2.26. The van der Waals surface area contributed by atoms with E-state index in [9.17, 15) is 19.7 Å². The number of nitro groups is 1. The topological polar surface area (TPSA) is 136 Å². The molecule has 1 amide bonds. The van der Waals surface area contributed by atoms with Crippen LogP contribution in [0.1, 0.15) is 30.6 Å². The third kappa shape index (κ3) is 3.94. The lowest BCUT2D eigenvalue weighted by Gasteiger charge is -2.26. The van der Waals surface area contributed by atoms with Gasteiger partial charge in [-0.15, -0.1) is 0 Å². The summed E-state index contributed by atoms with van der Waals surface area (Å²) >= 11 is 0. The smallest absolute Gasteiger partial charge is 0.342 e. The number of nitrogens with one attached hydrogen (secondary N) is 1. The number of carboxylic acid groups (broad SMARTS) is 1. The van der Waals surface area contributed by atoms with E-state index in [1.807, 2.05) is 0 Å². The molecule has 0 unspecified atom stereocenters. The quantitative estimate of drug-likeness (QED) is 0.532. The zero-order valence-electron chi connectivity index (χ0n) is 11.0. The molecule has 1 aromatic carbocycles. The molecule has 0 saturated heterocycles. The number of carbonyl (C=O) groups excluding carboxylic acids is 1. The van der Waals surface area contributed by atoms with E-state index >= 15 is 0 Å². The number of amides is 1. The molecule has 4 N–H and O–H groups in total. The zero-order valence-corrected chi connectivity index (χ0v) is 11.0. The first kappa shape index (κ1) is 15.4. The highest BCUT2D eigenvalue weighted by Gasteiger charge is 2.24. The minimum absolute atomic E-state index is 0.0292. The van der Waals surface area contributed by atoms with Gasteiger partial charge in [0.1, 0.15) is 5.56 Å². The Morgan fingerprint density at radius 3 is 2.50 bits per heavy atom. The monoisotopic (exact) mass is 281 g/mol. The lowest BCUT2D eigenvalue weighted by atomic mass is 9.99. The molecule has 0 aliphatic carbocycles. The molecule has 20 heavy (non-hydrogen) atoms. The fraction of sp³-hybridized carbons (Fsp3) is 0.333. The summed E-state index contributed by atoms with van der Waals surface area (Å²) in [6.45, 7) is 3.41. The average Bonchev–Trinajstić information content (AvgIpc) is 2.25. The van der Waals surface area contributed by atoms with Crippen LogP contribution < -0.4 is 11.1 Å². The predicted octanol–water partition coefficient (Wildman–Crippen LogP) is 1.36. The molecule has 108 valence electrons. The van der Waals surface area contributed by atoms with Crippen molar-refractivity contribution in [2.24, 2.45) is 5.73 Å². The lowest BCUT2D eigenvalue weighted by Crippen LogP contribution is -2.36. The van der Waals surface area contributed by atoms with Gasteiger partial charge in [-0.2, -0.15) is 0 Å². The van der Waals surface area contributed by atoms with Crippen molar-refractivity contribution in [3.8, 4) is 0 Å². The molecule has 0 radical (unpaired) electrons. The van der Waals surface area contributed by atoms with E-state index in [1.54, 1.807) is 13.8 Å². The first-order valence-electron chi connectivity index (χ1n) is 5.70. The number of nitrogens with zero attached hydrogens (tertiary/aromatic N) is 1. The Morgan fingerprint density at radius 2 is 2.05 bits per heavy atom. The van der Waals surface area contributed by atoms with Gasteiger partial charge in [0.15, 0.2) is 0 Å². The maximum absolute atomic E-state index is 10.9. The number of benzene rings is 1. The summed E-state index contributed by atoms with van der Waals surface area (Å²) in [6.07, 6.45) is 0.0292. The molecule has 0 aliphatic rings. The van der Waals surface area contributed by atoms with Gasteiger partial charge < -0.3 is 16.2 Å². The standard InChI is InChI=1S/C12H15N3O5/c1-12(2,6-10(13)16)14-7-3-4-8(11(17)18)9(5-7)15(19)20/h3-5,14H,6H2,1-2H3,(H2,13,16)(H,17,18). The summed E-state index contributed by atoms with van der Waals surface area (Å²) in [5, 5.41) is 22.6. The van der Waals surface area contributed by atoms with E-state index in [1.165, 1.54) is 6.07 Å². The molecule has 0 saturated carbocycles. The molecule has 8 heteroatoms. The minimum atomic E-state index is -1.38. The van der Waals surface area contributed by atoms with Crippen LogP contribution in [0, 0.1) is 10.1 Å². The molecule has 0 heterocycles. The van der Waals surface area contributed by atoms with Gasteiger partial charge >= 0.3 is 5.97 Å². The fourth-order valence-electron chi connectivity index (χ4n) is 1.81. The second-order valence-electron chi connectivity index (χ2n) is 4.95. The molecule has 0 aromatic heterocycles. The second-order valence-corrected chi connectivity index (χ2v) is 4.95. The average molecular weight is 281 g/mol. The molecule has 8 nitrogen and oxygen atoms in total. The number of nitrogens with two attached hydrogens (primary N) is 1. The normalized spacial score (nSPS) is 10.9. The van der Waals surface area contributed by atoms with Gasteiger partial charge in [-0.1, -0.05) is 0 Å². The number of aromatic carboxylic acids is 1. The third-order valence-corrected chi connectivity index (χ3v) is 2.52. The Kier molecular flexibility index (Phi) is 4.28. The number of carboxylic acids is 1. The Hall–Kier alpha value is -2.64. The van der Waals surface area contributed by atoms with Crippen molar-refractivity contribution in [1.82, 2.24) is 0 Å². The van der Waals surface area contributed by atoms with Crippen LogP contribution >= 0.6 is 0 Å². The largest absolute Gasteiger partial charge is 0.477 e. The highest BCUT2D eigenvalue weighted by molar-refractivity contribution is 5.93. The SMILES string of the molecule is CC(C)(CC(N)=O)Nc1ccc(C(=O)O)c([N+](=O)[O-])c1. The van der Waals surface area contributed by atoms with E-state index < -0.39 is 33.6 Å². The van der Waals surface area contributed by atoms with Gasteiger partial charge in [-0.3, -0.25) is 14.9 Å². The van der Waals surface area contributed by atoms with Gasteiger partial charge in [0.2, 0.25) is 5.91 Å². The van der Waals surface area contributed by atoms with E-state index in [-0.39, 0.29) is 6.42 Å². The summed E-state index contributed by atoms with van der Waals surface area (Å²) in [7, 11) is 0. The number of anilines is 1. The van der Waals surface area contributed by atoms with Gasteiger partial charge in [-0.05, 0) is 26.0 Å². The fourth-order valence-corrected chi connectivity index (χ4v) is 1.81. The van der Waals surface area contributed by atoms with Crippen molar-refractivity contribution in [3.05, 3.63) is 33.9 Å². The Morgan fingerprint density at radius 1 is 1.45 bits per heavy atom. The number of carbonyl (C=O) groups is 2. The number of primary amides is 1. The van der Waals surface area contributed by atoms with Crippen molar-refractivity contribution < 1.29 is 19.6 Å². The first-order valence-corrected chi connectivity index (χ1v) is 5.70. The zero-order chi connectivity index (χ0) is 15.5. The summed E-state index contributed by atoms with van der Waals surface area (Å²) in [5.41, 5.74) is 3.83. The number of hydrogen-bond acceptors (Lipinski definition) is 5. The summed E-state index contributed by atoms with van der Waals surface area (Å²) in [5.74, 6) is -1.89. The molecule has 0 spiro atoms. The Bertz CT molecular complexity index is 568. The summed E-state index contributed by atoms with van der Waals surface area (Å²) in [6, 6.07) is 3.66. The van der Waals surface area contributed by atoms with Gasteiger partial charge in [-0.25, -0.2) is 4.79 Å². The van der Waals surface area contributed by atoms with Crippen molar-refractivity contribution in [2.45, 2.75) is 25.8 Å². The molecule has 1 aromatic rings. The van der Waals surface area contributed by atoms with Crippen LogP contribution in [0.15, 0.2) is 18.2 Å². The van der Waals surface area contributed by atoms with Crippen molar-refractivity contribution >= 4 is 23.3 Å². The van der Waals surface area contributed by atoms with E-state index in [0.717, 1.165) is 12.1 Å². The first-order chi connectivity index (χ1) is 9.12. The predicted molar refractivity (Wildman–Crippen MR) is 71.6 cm³/mol. The van der Waals surface area contributed by atoms with Crippen LogP contribution in [0.5, 0.6) is 0 Å². The highest BCUT2D eigenvalue weighted by atomic mass is 16.6.